The summed E-state index contributed by atoms with van der Waals surface area (Å²) in [5.74, 6) is -0.520. The lowest BCUT2D eigenvalue weighted by atomic mass is 10.3. The molecule has 0 aliphatic carbocycles. The largest absolute Gasteiger partial charge is 0.413 e. The van der Waals surface area contributed by atoms with E-state index in [1.807, 2.05) is 0 Å². The van der Waals surface area contributed by atoms with Crippen molar-refractivity contribution in [2.75, 3.05) is 25.1 Å². The number of nitro groups is 1. The van der Waals surface area contributed by atoms with Crippen LogP contribution in [0.25, 0.3) is 0 Å². The molecule has 17 heavy (non-hydrogen) atoms. The molecule has 0 spiro atoms. The monoisotopic (exact) mass is 262 g/mol. The number of anilines is 1. The van der Waals surface area contributed by atoms with Gasteiger partial charge in [-0.25, -0.2) is 0 Å². The SMILES string of the molecule is CN(CCO)c1c([N+](=O)[O-])nn(C)c(=O)c1Cl. The molecular formula is C8H11ClN4O4. The Kier molecular flexibility index (Phi) is 4.02. The molecule has 0 atom stereocenters. The van der Waals surface area contributed by atoms with Gasteiger partial charge in [0.1, 0.15) is 5.02 Å². The van der Waals surface area contributed by atoms with Crippen LogP contribution in [-0.2, 0) is 7.05 Å². The van der Waals surface area contributed by atoms with Crippen molar-refractivity contribution in [3.8, 4) is 0 Å². The summed E-state index contributed by atoms with van der Waals surface area (Å²) in [4.78, 5) is 22.9. The van der Waals surface area contributed by atoms with Crippen molar-refractivity contribution in [1.82, 2.24) is 9.78 Å². The molecule has 0 radical (unpaired) electrons. The zero-order chi connectivity index (χ0) is 13.2. The van der Waals surface area contributed by atoms with Crippen LogP contribution in [0.3, 0.4) is 0 Å². The molecule has 1 rings (SSSR count). The predicted octanol–water partition coefficient (Wildman–Crippen LogP) is -0.230. The predicted molar refractivity (Wildman–Crippen MR) is 61.5 cm³/mol. The number of hydrogen-bond acceptors (Lipinski definition) is 6. The van der Waals surface area contributed by atoms with Gasteiger partial charge in [-0.15, -0.1) is 4.68 Å². The van der Waals surface area contributed by atoms with Crippen LogP contribution in [0, 0.1) is 10.1 Å². The molecule has 0 aliphatic heterocycles. The van der Waals surface area contributed by atoms with Crippen molar-refractivity contribution in [2.24, 2.45) is 7.05 Å². The van der Waals surface area contributed by atoms with E-state index in [-0.39, 0.29) is 23.9 Å². The number of halogens is 1. The molecule has 8 nitrogen and oxygen atoms in total. The highest BCUT2D eigenvalue weighted by atomic mass is 35.5. The van der Waals surface area contributed by atoms with Crippen LogP contribution in [0.15, 0.2) is 4.79 Å². The Balaban J connectivity index is 3.49. The van der Waals surface area contributed by atoms with Crippen molar-refractivity contribution in [3.05, 3.63) is 25.5 Å². The van der Waals surface area contributed by atoms with E-state index in [2.05, 4.69) is 5.10 Å². The Morgan fingerprint density at radius 1 is 1.65 bits per heavy atom. The second-order valence-electron chi connectivity index (χ2n) is 3.32. The Bertz CT molecular complexity index is 501. The molecule has 0 bridgehead atoms. The maximum absolute atomic E-state index is 11.5. The van der Waals surface area contributed by atoms with E-state index in [1.165, 1.54) is 19.0 Å². The van der Waals surface area contributed by atoms with Gasteiger partial charge >= 0.3 is 11.4 Å². The molecule has 1 N–H and O–H groups in total. The number of rotatable bonds is 4. The minimum absolute atomic E-state index is 0.0891. The summed E-state index contributed by atoms with van der Waals surface area (Å²) in [6, 6.07) is 0. The minimum atomic E-state index is -0.728. The first-order chi connectivity index (χ1) is 7.90. The number of aliphatic hydroxyl groups is 1. The fraction of sp³-hybridized carbons (Fsp3) is 0.500. The molecule has 0 amide bonds. The second kappa shape index (κ2) is 5.11. The molecular weight excluding hydrogens is 252 g/mol. The van der Waals surface area contributed by atoms with E-state index in [4.69, 9.17) is 16.7 Å². The van der Waals surface area contributed by atoms with Crippen molar-refractivity contribution in [2.45, 2.75) is 0 Å². The van der Waals surface area contributed by atoms with Crippen LogP contribution in [0.5, 0.6) is 0 Å². The van der Waals surface area contributed by atoms with Gasteiger partial charge in [0.15, 0.2) is 5.69 Å². The number of nitrogens with zero attached hydrogens (tertiary/aromatic N) is 4. The van der Waals surface area contributed by atoms with Crippen molar-refractivity contribution in [3.63, 3.8) is 0 Å². The van der Waals surface area contributed by atoms with E-state index >= 15 is 0 Å². The Morgan fingerprint density at radius 2 is 2.24 bits per heavy atom. The second-order valence-corrected chi connectivity index (χ2v) is 3.70. The highest BCUT2D eigenvalue weighted by Gasteiger charge is 2.26. The number of aliphatic hydroxyl groups excluding tert-OH is 1. The van der Waals surface area contributed by atoms with Crippen LogP contribution in [-0.4, -0.2) is 40.0 Å². The van der Waals surface area contributed by atoms with E-state index in [0.717, 1.165) is 4.68 Å². The smallest absolute Gasteiger partial charge is 0.395 e. The molecule has 0 fully saturated rings. The maximum atomic E-state index is 11.5. The number of aromatic nitrogens is 2. The molecule has 9 heteroatoms. The molecule has 0 aromatic carbocycles. The van der Waals surface area contributed by atoms with Gasteiger partial charge in [0.05, 0.1) is 18.8 Å². The summed E-state index contributed by atoms with van der Waals surface area (Å²) < 4.78 is 0.802. The highest BCUT2D eigenvalue weighted by molar-refractivity contribution is 6.33. The van der Waals surface area contributed by atoms with Gasteiger partial charge < -0.3 is 20.1 Å². The van der Waals surface area contributed by atoms with Crippen LogP contribution >= 0.6 is 11.6 Å². The first kappa shape index (κ1) is 13.4. The molecule has 1 aromatic rings. The lowest BCUT2D eigenvalue weighted by Gasteiger charge is -2.17. The normalized spacial score (nSPS) is 10.4. The van der Waals surface area contributed by atoms with Crippen molar-refractivity contribution in [1.29, 1.82) is 0 Å². The zero-order valence-electron chi connectivity index (χ0n) is 9.25. The van der Waals surface area contributed by atoms with Gasteiger partial charge in [-0.1, -0.05) is 11.6 Å². The fourth-order valence-electron chi connectivity index (χ4n) is 1.30. The topological polar surface area (TPSA) is 102 Å². The summed E-state index contributed by atoms with van der Waals surface area (Å²) in [5, 5.41) is 22.9. The molecule has 0 saturated heterocycles. The standard InChI is InChI=1S/C8H11ClN4O4/c1-11(3-4-14)6-5(9)8(15)12(2)10-7(6)13(16)17/h14H,3-4H2,1-2H3. The van der Waals surface area contributed by atoms with Crippen LogP contribution in [0.1, 0.15) is 0 Å². The Morgan fingerprint density at radius 3 is 2.71 bits per heavy atom. The van der Waals surface area contributed by atoms with Crippen LogP contribution < -0.4 is 10.5 Å². The molecule has 0 saturated carbocycles. The summed E-state index contributed by atoms with van der Waals surface area (Å²) >= 11 is 5.78. The first-order valence-corrected chi connectivity index (χ1v) is 5.01. The zero-order valence-corrected chi connectivity index (χ0v) is 10.0. The fourth-order valence-corrected chi connectivity index (χ4v) is 1.65. The van der Waals surface area contributed by atoms with E-state index in [0.29, 0.717) is 0 Å². The van der Waals surface area contributed by atoms with Crippen molar-refractivity contribution >= 4 is 23.1 Å². The molecule has 1 aromatic heterocycles. The first-order valence-electron chi connectivity index (χ1n) is 4.63. The summed E-state index contributed by atoms with van der Waals surface area (Å²) in [5.41, 5.74) is -0.717. The molecule has 1 heterocycles. The van der Waals surface area contributed by atoms with Crippen molar-refractivity contribution < 1.29 is 10.0 Å². The summed E-state index contributed by atoms with van der Waals surface area (Å²) in [6.45, 7) is -0.116. The van der Waals surface area contributed by atoms with E-state index in [9.17, 15) is 14.9 Å². The molecule has 0 aliphatic rings. The van der Waals surface area contributed by atoms with Crippen LogP contribution in [0.2, 0.25) is 5.02 Å². The van der Waals surface area contributed by atoms with Gasteiger partial charge in [0, 0.05) is 13.6 Å². The quantitative estimate of drug-likeness (QED) is 0.594. The van der Waals surface area contributed by atoms with Gasteiger partial charge in [-0.2, -0.15) is 0 Å². The minimum Gasteiger partial charge on any atom is -0.395 e. The third-order valence-electron chi connectivity index (χ3n) is 2.14. The number of likely N-dealkylation sites (N-methyl/N-ethyl adjacent to an activating group) is 1. The van der Waals surface area contributed by atoms with E-state index < -0.39 is 16.3 Å². The summed E-state index contributed by atoms with van der Waals surface area (Å²) in [6.07, 6.45) is 0. The highest BCUT2D eigenvalue weighted by Crippen LogP contribution is 2.29. The lowest BCUT2D eigenvalue weighted by Crippen LogP contribution is -2.29. The van der Waals surface area contributed by atoms with Gasteiger partial charge in [-0.3, -0.25) is 4.79 Å². The molecule has 0 unspecified atom stereocenters. The third-order valence-corrected chi connectivity index (χ3v) is 2.48. The average molecular weight is 263 g/mol. The Labute approximate surface area is 101 Å². The van der Waals surface area contributed by atoms with Gasteiger partial charge in [-0.05, 0) is 4.92 Å². The number of aryl methyl sites for hydroxylation is 1. The van der Waals surface area contributed by atoms with Gasteiger partial charge in [0.2, 0.25) is 0 Å². The average Bonchev–Trinajstić information content (AvgIpc) is 2.25. The van der Waals surface area contributed by atoms with Gasteiger partial charge in [0.25, 0.3) is 0 Å². The van der Waals surface area contributed by atoms with E-state index in [1.54, 1.807) is 0 Å². The number of hydrogen-bond donors (Lipinski definition) is 1. The third kappa shape index (κ3) is 2.53. The summed E-state index contributed by atoms with van der Waals surface area (Å²) in [7, 11) is 2.75. The molecule has 94 valence electrons. The lowest BCUT2D eigenvalue weighted by molar-refractivity contribution is -0.389. The maximum Gasteiger partial charge on any atom is 0.413 e. The van der Waals surface area contributed by atoms with Crippen LogP contribution in [0.4, 0.5) is 11.5 Å². The Hall–Kier alpha value is -1.67.